The van der Waals surface area contributed by atoms with Crippen molar-refractivity contribution in [1.29, 1.82) is 0 Å². The van der Waals surface area contributed by atoms with Gasteiger partial charge in [0.15, 0.2) is 0 Å². The van der Waals surface area contributed by atoms with Crippen LogP contribution < -0.4 is 4.90 Å². The van der Waals surface area contributed by atoms with E-state index in [-0.39, 0.29) is 23.0 Å². The van der Waals surface area contributed by atoms with E-state index in [1.54, 1.807) is 17.0 Å². The molecule has 3 heteroatoms. The van der Waals surface area contributed by atoms with E-state index in [2.05, 4.69) is 13.8 Å². The van der Waals surface area contributed by atoms with Crippen LogP contribution in [0.3, 0.4) is 0 Å². The first kappa shape index (κ1) is 12.9. The Morgan fingerprint density at radius 3 is 2.61 bits per heavy atom. The van der Waals surface area contributed by atoms with Crippen LogP contribution in [0, 0.1) is 18.3 Å². The highest BCUT2D eigenvalue weighted by Gasteiger charge is 2.52. The molecular weight excluding hydrogens is 226 g/mol. The molecule has 0 heterocycles. The lowest BCUT2D eigenvalue weighted by atomic mass is 10.1. The second kappa shape index (κ2) is 4.30. The molecular formula is C15H21NO2. The Bertz CT molecular complexity index is 479. The fourth-order valence-electron chi connectivity index (χ4n) is 2.41. The number of benzene rings is 1. The number of rotatable bonds is 3. The third-order valence-electron chi connectivity index (χ3n) is 3.88. The van der Waals surface area contributed by atoms with Crippen molar-refractivity contribution in [3.63, 3.8) is 0 Å². The number of aromatic hydroxyl groups is 1. The summed E-state index contributed by atoms with van der Waals surface area (Å²) in [5, 5.41) is 9.58. The van der Waals surface area contributed by atoms with Gasteiger partial charge in [-0.3, -0.25) is 4.79 Å². The molecule has 1 aromatic carbocycles. The first-order valence-corrected chi connectivity index (χ1v) is 6.48. The molecule has 3 nitrogen and oxygen atoms in total. The van der Waals surface area contributed by atoms with Crippen LogP contribution in [-0.2, 0) is 4.79 Å². The molecule has 1 aliphatic rings. The Balaban J connectivity index is 2.28. The average Bonchev–Trinajstić information content (AvgIpc) is 2.93. The van der Waals surface area contributed by atoms with Crippen LogP contribution in [0.5, 0.6) is 5.75 Å². The molecule has 0 saturated heterocycles. The van der Waals surface area contributed by atoms with Gasteiger partial charge in [-0.2, -0.15) is 0 Å². The smallest absolute Gasteiger partial charge is 0.230 e. The highest BCUT2D eigenvalue weighted by Crippen LogP contribution is 2.52. The zero-order chi connectivity index (χ0) is 13.5. The maximum Gasteiger partial charge on any atom is 0.230 e. The van der Waals surface area contributed by atoms with Crippen LogP contribution in [0.2, 0.25) is 0 Å². The van der Waals surface area contributed by atoms with Crippen molar-refractivity contribution in [3.05, 3.63) is 23.8 Å². The highest BCUT2D eigenvalue weighted by atomic mass is 16.3. The van der Waals surface area contributed by atoms with Gasteiger partial charge in [0.05, 0.1) is 5.69 Å². The molecule has 1 saturated carbocycles. The summed E-state index contributed by atoms with van der Waals surface area (Å²) in [6.45, 7) is 8.81. The number of phenols is 1. The lowest BCUT2D eigenvalue weighted by Gasteiger charge is -2.24. The van der Waals surface area contributed by atoms with Crippen LogP contribution in [0.4, 0.5) is 5.69 Å². The fourth-order valence-corrected chi connectivity index (χ4v) is 2.41. The van der Waals surface area contributed by atoms with Crippen LogP contribution in [-0.4, -0.2) is 17.6 Å². The third-order valence-corrected chi connectivity index (χ3v) is 3.88. The van der Waals surface area contributed by atoms with E-state index >= 15 is 0 Å². The zero-order valence-corrected chi connectivity index (χ0v) is 11.5. The fraction of sp³-hybridized carbons (Fsp3) is 0.533. The molecule has 1 aliphatic carbocycles. The molecule has 1 aromatic rings. The van der Waals surface area contributed by atoms with Crippen LogP contribution in [0.15, 0.2) is 18.2 Å². The highest BCUT2D eigenvalue weighted by molar-refractivity contribution is 5.98. The van der Waals surface area contributed by atoms with Gasteiger partial charge in [-0.15, -0.1) is 0 Å². The van der Waals surface area contributed by atoms with Crippen molar-refractivity contribution < 1.29 is 9.90 Å². The molecule has 1 fully saturated rings. The summed E-state index contributed by atoms with van der Waals surface area (Å²) in [5.74, 6) is 0.507. The van der Waals surface area contributed by atoms with E-state index in [0.717, 1.165) is 17.7 Å². The summed E-state index contributed by atoms with van der Waals surface area (Å²) >= 11 is 0. The topological polar surface area (TPSA) is 40.5 Å². The molecule has 1 N–H and O–H groups in total. The van der Waals surface area contributed by atoms with Crippen molar-refractivity contribution in [2.24, 2.45) is 11.3 Å². The molecule has 18 heavy (non-hydrogen) atoms. The predicted octanol–water partition coefficient (Wildman–Crippen LogP) is 3.10. The summed E-state index contributed by atoms with van der Waals surface area (Å²) in [6.07, 6.45) is 0.959. The number of hydrogen-bond acceptors (Lipinski definition) is 2. The molecule has 0 bridgehead atoms. The first-order chi connectivity index (χ1) is 8.36. The molecule has 1 unspecified atom stereocenters. The lowest BCUT2D eigenvalue weighted by Crippen LogP contribution is -2.33. The van der Waals surface area contributed by atoms with Crippen molar-refractivity contribution in [3.8, 4) is 5.75 Å². The van der Waals surface area contributed by atoms with E-state index in [9.17, 15) is 9.90 Å². The van der Waals surface area contributed by atoms with Crippen molar-refractivity contribution in [2.45, 2.75) is 34.1 Å². The van der Waals surface area contributed by atoms with Gasteiger partial charge in [-0.05, 0) is 37.3 Å². The number of aryl methyl sites for hydroxylation is 1. The van der Waals surface area contributed by atoms with E-state index in [1.807, 2.05) is 19.9 Å². The minimum absolute atomic E-state index is 0.124. The van der Waals surface area contributed by atoms with Crippen molar-refractivity contribution >= 4 is 11.6 Å². The Morgan fingerprint density at radius 1 is 1.50 bits per heavy atom. The number of carbonyl (C=O) groups excluding carboxylic acids is 1. The second-order valence-electron chi connectivity index (χ2n) is 5.80. The molecule has 1 atom stereocenters. The quantitative estimate of drug-likeness (QED) is 0.891. The number of amides is 1. The second-order valence-corrected chi connectivity index (χ2v) is 5.80. The Morgan fingerprint density at radius 2 is 2.11 bits per heavy atom. The van der Waals surface area contributed by atoms with Gasteiger partial charge in [0.1, 0.15) is 5.75 Å². The third kappa shape index (κ3) is 2.22. The van der Waals surface area contributed by atoms with E-state index in [0.29, 0.717) is 6.54 Å². The molecule has 0 aliphatic heterocycles. The first-order valence-electron chi connectivity index (χ1n) is 6.48. The monoisotopic (exact) mass is 247 g/mol. The Hall–Kier alpha value is -1.51. The molecule has 0 aromatic heterocycles. The minimum atomic E-state index is 0.124. The summed E-state index contributed by atoms with van der Waals surface area (Å²) < 4.78 is 0. The van der Waals surface area contributed by atoms with Gasteiger partial charge < -0.3 is 10.0 Å². The number of phenolic OH excluding ortho intramolecular Hbond substituents is 1. The van der Waals surface area contributed by atoms with E-state index in [4.69, 9.17) is 0 Å². The molecule has 98 valence electrons. The van der Waals surface area contributed by atoms with E-state index < -0.39 is 0 Å². The summed E-state index contributed by atoms with van der Waals surface area (Å²) in [7, 11) is 0. The van der Waals surface area contributed by atoms with Gasteiger partial charge in [-0.1, -0.05) is 19.9 Å². The number of nitrogens with zero attached hydrogens (tertiary/aromatic N) is 1. The molecule has 0 spiro atoms. The van der Waals surface area contributed by atoms with Gasteiger partial charge >= 0.3 is 0 Å². The van der Waals surface area contributed by atoms with Crippen molar-refractivity contribution in [1.82, 2.24) is 0 Å². The summed E-state index contributed by atoms with van der Waals surface area (Å²) in [6, 6.07) is 5.17. The Labute approximate surface area is 108 Å². The largest absolute Gasteiger partial charge is 0.508 e. The summed E-state index contributed by atoms with van der Waals surface area (Å²) in [4.78, 5) is 14.2. The molecule has 1 amide bonds. The number of hydrogen-bond donors (Lipinski definition) is 1. The zero-order valence-electron chi connectivity index (χ0n) is 11.5. The summed E-state index contributed by atoms with van der Waals surface area (Å²) in [5.41, 5.74) is 1.97. The van der Waals surface area contributed by atoms with Crippen LogP contribution >= 0.6 is 0 Å². The van der Waals surface area contributed by atoms with E-state index in [1.165, 1.54) is 0 Å². The average molecular weight is 247 g/mol. The maximum atomic E-state index is 12.5. The SMILES string of the molecule is CCN(C(=O)C1CC1(C)C)c1cc(O)ccc1C. The Kier molecular flexibility index (Phi) is 3.09. The van der Waals surface area contributed by atoms with Crippen LogP contribution in [0.25, 0.3) is 0 Å². The normalized spacial score (nSPS) is 20.6. The van der Waals surface area contributed by atoms with Gasteiger partial charge in [0.2, 0.25) is 5.91 Å². The maximum absolute atomic E-state index is 12.5. The minimum Gasteiger partial charge on any atom is -0.508 e. The van der Waals surface area contributed by atoms with Gasteiger partial charge in [0, 0.05) is 18.5 Å². The molecule has 2 rings (SSSR count). The standard InChI is InChI=1S/C15H21NO2/c1-5-16(14(18)12-9-15(12,3)4)13-8-11(17)7-6-10(13)2/h6-8,12,17H,5,9H2,1-4H3. The van der Waals surface area contributed by atoms with Crippen LogP contribution in [0.1, 0.15) is 32.8 Å². The van der Waals surface area contributed by atoms with Crippen molar-refractivity contribution in [2.75, 3.05) is 11.4 Å². The van der Waals surface area contributed by atoms with Gasteiger partial charge in [-0.25, -0.2) is 0 Å². The lowest BCUT2D eigenvalue weighted by molar-refractivity contribution is -0.120. The predicted molar refractivity (Wildman–Crippen MR) is 72.8 cm³/mol. The number of carbonyl (C=O) groups is 1. The number of anilines is 1. The van der Waals surface area contributed by atoms with Gasteiger partial charge in [0.25, 0.3) is 0 Å². The molecule has 0 radical (unpaired) electrons.